The first-order valence-corrected chi connectivity index (χ1v) is 13.2. The Morgan fingerprint density at radius 1 is 0.975 bits per heavy atom. The summed E-state index contributed by atoms with van der Waals surface area (Å²) in [5.74, 6) is -2.87. The monoisotopic (exact) mass is 572 g/mol. The molecule has 0 bridgehead atoms. The average Bonchev–Trinajstić information content (AvgIpc) is 2.94. The highest BCUT2D eigenvalue weighted by atomic mass is 32.2. The molecule has 4 rings (SSSR count). The molecule has 0 aromatic heterocycles. The van der Waals surface area contributed by atoms with Gasteiger partial charge >= 0.3 is 5.97 Å². The van der Waals surface area contributed by atoms with Crippen molar-refractivity contribution in [2.24, 2.45) is 0 Å². The zero-order chi connectivity index (χ0) is 28.9. The standard InChI is InChI=1S/C28H26F2N2O7S/c29-19-7-1-16(2-8-19)23(34)15-40-25-26(36)32-28(25,17-3-9-20(30)10-4-17)18-5-11-21(12-6-18)39-14-24(35)31-22(13-33)27(37)38/h1-12,22-23,25,33-34H,13-15H2,(H,31,35)(H,32,36)(H,37,38)/t22-,23?,25+,28+/m1/s1. The number of rotatable bonds is 12. The van der Waals surface area contributed by atoms with Gasteiger partial charge in [-0.1, -0.05) is 36.4 Å². The minimum Gasteiger partial charge on any atom is -0.484 e. The van der Waals surface area contributed by atoms with Crippen LogP contribution in [0.15, 0.2) is 72.8 Å². The van der Waals surface area contributed by atoms with Gasteiger partial charge in [-0.2, -0.15) is 0 Å². The number of aliphatic carboxylic acids is 1. The number of carboxylic acid groups (broad SMARTS) is 1. The van der Waals surface area contributed by atoms with Crippen molar-refractivity contribution < 1.29 is 43.2 Å². The van der Waals surface area contributed by atoms with Gasteiger partial charge in [-0.3, -0.25) is 9.59 Å². The van der Waals surface area contributed by atoms with Crippen LogP contribution in [-0.4, -0.2) is 63.4 Å². The van der Waals surface area contributed by atoms with Crippen LogP contribution in [0.2, 0.25) is 0 Å². The minimum atomic E-state index is -1.45. The molecule has 2 amide bonds. The molecular weight excluding hydrogens is 546 g/mol. The lowest BCUT2D eigenvalue weighted by molar-refractivity contribution is -0.143. The Morgan fingerprint density at radius 2 is 1.52 bits per heavy atom. The normalized spacial score (nSPS) is 19.6. The third kappa shape index (κ3) is 6.24. The van der Waals surface area contributed by atoms with Gasteiger partial charge in [0, 0.05) is 5.75 Å². The van der Waals surface area contributed by atoms with Crippen molar-refractivity contribution in [1.82, 2.24) is 10.6 Å². The van der Waals surface area contributed by atoms with Crippen molar-refractivity contribution >= 4 is 29.5 Å². The van der Waals surface area contributed by atoms with Crippen LogP contribution in [0.5, 0.6) is 5.75 Å². The second-order valence-corrected chi connectivity index (χ2v) is 10.2. The molecule has 1 saturated heterocycles. The van der Waals surface area contributed by atoms with E-state index in [1.807, 2.05) is 0 Å². The molecule has 3 aromatic rings. The summed E-state index contributed by atoms with van der Waals surface area (Å²) >= 11 is 1.21. The number of aliphatic hydroxyl groups excluding tert-OH is 2. The summed E-state index contributed by atoms with van der Waals surface area (Å²) in [5.41, 5.74) is 0.679. The highest BCUT2D eigenvalue weighted by Crippen LogP contribution is 2.46. The van der Waals surface area contributed by atoms with E-state index in [9.17, 15) is 28.3 Å². The predicted octanol–water partition coefficient (Wildman–Crippen LogP) is 2.11. The highest BCUT2D eigenvalue weighted by Gasteiger charge is 2.56. The Kier molecular flexibility index (Phi) is 9.03. The molecule has 0 radical (unpaired) electrons. The molecule has 0 saturated carbocycles. The summed E-state index contributed by atoms with van der Waals surface area (Å²) in [6, 6.07) is 16.1. The van der Waals surface area contributed by atoms with Gasteiger partial charge in [0.15, 0.2) is 6.61 Å². The number of hydrogen-bond acceptors (Lipinski definition) is 7. The van der Waals surface area contributed by atoms with Crippen molar-refractivity contribution in [3.63, 3.8) is 0 Å². The van der Waals surface area contributed by atoms with Gasteiger partial charge in [0.05, 0.1) is 12.7 Å². The molecule has 5 N–H and O–H groups in total. The highest BCUT2D eigenvalue weighted by molar-refractivity contribution is 8.00. The van der Waals surface area contributed by atoms with Crippen LogP contribution in [0.1, 0.15) is 22.8 Å². The molecule has 1 aliphatic heterocycles. The Labute approximate surface area is 232 Å². The predicted molar refractivity (Wildman–Crippen MR) is 142 cm³/mol. The van der Waals surface area contributed by atoms with Gasteiger partial charge in [-0.25, -0.2) is 13.6 Å². The molecule has 1 unspecified atom stereocenters. The largest absolute Gasteiger partial charge is 0.484 e. The number of carbonyl (C=O) groups is 3. The van der Waals surface area contributed by atoms with E-state index in [0.717, 1.165) is 0 Å². The molecular formula is C28H26F2N2O7S. The summed E-state index contributed by atoms with van der Waals surface area (Å²) < 4.78 is 32.4. The molecule has 40 heavy (non-hydrogen) atoms. The van der Waals surface area contributed by atoms with Crippen molar-refractivity contribution in [3.8, 4) is 5.75 Å². The van der Waals surface area contributed by atoms with Crippen molar-refractivity contribution in [2.75, 3.05) is 19.0 Å². The quantitative estimate of drug-likeness (QED) is 0.208. The van der Waals surface area contributed by atoms with E-state index in [1.54, 1.807) is 36.4 Å². The number of hydrogen-bond donors (Lipinski definition) is 5. The topological polar surface area (TPSA) is 145 Å². The summed E-state index contributed by atoms with van der Waals surface area (Å²) in [4.78, 5) is 35.7. The zero-order valence-corrected chi connectivity index (χ0v) is 21.7. The molecule has 1 heterocycles. The van der Waals surface area contributed by atoms with Gasteiger partial charge in [-0.05, 0) is 53.1 Å². The lowest BCUT2D eigenvalue weighted by Crippen LogP contribution is -2.69. The van der Waals surface area contributed by atoms with Gasteiger partial charge in [0.1, 0.15) is 34.2 Å². The molecule has 0 aliphatic carbocycles. The Bertz CT molecular complexity index is 1360. The fourth-order valence-corrected chi connectivity index (χ4v) is 5.68. The van der Waals surface area contributed by atoms with E-state index in [1.165, 1.54) is 48.2 Å². The van der Waals surface area contributed by atoms with Crippen molar-refractivity contribution in [2.45, 2.75) is 22.9 Å². The number of nitrogens with one attached hydrogen (secondary N) is 2. The molecule has 1 fully saturated rings. The fraction of sp³-hybridized carbons (Fsp3) is 0.250. The number of benzene rings is 3. The number of aliphatic hydroxyl groups is 2. The first-order valence-electron chi connectivity index (χ1n) is 12.1. The number of ether oxygens (including phenoxy) is 1. The summed E-state index contributed by atoms with van der Waals surface area (Å²) in [7, 11) is 0. The van der Waals surface area contributed by atoms with E-state index in [0.29, 0.717) is 16.7 Å². The van der Waals surface area contributed by atoms with Gasteiger partial charge in [0.2, 0.25) is 5.91 Å². The fourth-order valence-electron chi connectivity index (χ4n) is 4.32. The van der Waals surface area contributed by atoms with Crippen LogP contribution < -0.4 is 15.4 Å². The number of halogens is 2. The number of carbonyl (C=O) groups excluding carboxylic acids is 2. The van der Waals surface area contributed by atoms with Crippen LogP contribution in [0.3, 0.4) is 0 Å². The summed E-state index contributed by atoms with van der Waals surface area (Å²) in [5, 5.41) is 33.0. The number of carboxylic acids is 1. The lowest BCUT2D eigenvalue weighted by Gasteiger charge is -2.50. The van der Waals surface area contributed by atoms with Crippen LogP contribution in [-0.2, 0) is 19.9 Å². The van der Waals surface area contributed by atoms with Gasteiger partial charge < -0.3 is 30.7 Å². The van der Waals surface area contributed by atoms with E-state index in [2.05, 4.69) is 10.6 Å². The first kappa shape index (κ1) is 29.0. The van der Waals surface area contributed by atoms with E-state index in [4.69, 9.17) is 14.9 Å². The van der Waals surface area contributed by atoms with Crippen LogP contribution in [0, 0.1) is 11.6 Å². The SMILES string of the molecule is O=C(COc1ccc([C@]2(c3ccc(F)cc3)NC(=O)[C@@H]2SCC(O)c2ccc(F)cc2)cc1)N[C@H](CO)C(=O)O. The maximum atomic E-state index is 13.7. The second-order valence-electron chi connectivity index (χ2n) is 9.04. The van der Waals surface area contributed by atoms with Crippen LogP contribution in [0.4, 0.5) is 8.78 Å². The molecule has 4 atom stereocenters. The molecule has 1 aliphatic rings. The maximum absolute atomic E-state index is 13.7. The average molecular weight is 573 g/mol. The Morgan fingerprint density at radius 3 is 2.05 bits per heavy atom. The summed E-state index contributed by atoms with van der Waals surface area (Å²) in [6.07, 6.45) is -0.960. The maximum Gasteiger partial charge on any atom is 0.328 e. The minimum absolute atomic E-state index is 0.133. The Hall–Kier alpha value is -4.00. The van der Waals surface area contributed by atoms with Gasteiger partial charge in [0.25, 0.3) is 5.91 Å². The van der Waals surface area contributed by atoms with E-state index < -0.39 is 59.7 Å². The zero-order valence-electron chi connectivity index (χ0n) is 20.9. The van der Waals surface area contributed by atoms with Gasteiger partial charge in [-0.15, -0.1) is 11.8 Å². The smallest absolute Gasteiger partial charge is 0.328 e. The number of thioether (sulfide) groups is 1. The van der Waals surface area contributed by atoms with Crippen LogP contribution >= 0.6 is 11.8 Å². The molecule has 0 spiro atoms. The second kappa shape index (κ2) is 12.5. The van der Waals surface area contributed by atoms with Crippen molar-refractivity contribution in [1.29, 1.82) is 0 Å². The first-order chi connectivity index (χ1) is 19.1. The van der Waals surface area contributed by atoms with Crippen LogP contribution in [0.25, 0.3) is 0 Å². The molecule has 9 nitrogen and oxygen atoms in total. The molecule has 210 valence electrons. The molecule has 3 aromatic carbocycles. The third-order valence-electron chi connectivity index (χ3n) is 6.42. The lowest BCUT2D eigenvalue weighted by atomic mass is 9.74. The van der Waals surface area contributed by atoms with E-state index >= 15 is 0 Å². The number of amides is 2. The number of β-lactam (4-membered cyclic amide) rings is 1. The van der Waals surface area contributed by atoms with E-state index in [-0.39, 0.29) is 17.4 Å². The summed E-state index contributed by atoms with van der Waals surface area (Å²) in [6.45, 7) is -1.27. The third-order valence-corrected chi connectivity index (χ3v) is 7.83. The van der Waals surface area contributed by atoms with Crippen molar-refractivity contribution in [3.05, 3.63) is 101 Å². The molecule has 12 heteroatoms. The Balaban J connectivity index is 1.52.